The first-order chi connectivity index (χ1) is 9.04. The van der Waals surface area contributed by atoms with Crippen LogP contribution in [0, 0.1) is 11.8 Å². The summed E-state index contributed by atoms with van der Waals surface area (Å²) in [5.41, 5.74) is 1.12. The quantitative estimate of drug-likeness (QED) is 0.773. The Morgan fingerprint density at radius 3 is 2.53 bits per heavy atom. The second-order valence-corrected chi connectivity index (χ2v) is 6.04. The normalized spacial score (nSPS) is 14.1. The molecular formula is C16H22O2S. The number of thioether (sulfide) groups is 1. The largest absolute Gasteiger partial charge is 0.388 e. The fourth-order valence-corrected chi connectivity index (χ4v) is 2.83. The first-order valence-electron chi connectivity index (χ1n) is 6.55. The Morgan fingerprint density at radius 1 is 1.37 bits per heavy atom. The van der Waals surface area contributed by atoms with Crippen LogP contribution in [0.3, 0.4) is 0 Å². The van der Waals surface area contributed by atoms with E-state index in [0.29, 0.717) is 18.1 Å². The lowest BCUT2D eigenvalue weighted by molar-refractivity contribution is -0.117. The zero-order valence-electron chi connectivity index (χ0n) is 11.6. The predicted molar refractivity (Wildman–Crippen MR) is 81.9 cm³/mol. The Morgan fingerprint density at radius 2 is 2.00 bits per heavy atom. The Kier molecular flexibility index (Phi) is 6.89. The molecule has 1 N–H and O–H groups in total. The molecule has 0 spiro atoms. The van der Waals surface area contributed by atoms with Crippen molar-refractivity contribution in [2.45, 2.75) is 32.1 Å². The van der Waals surface area contributed by atoms with Crippen LogP contribution >= 0.6 is 11.8 Å². The second kappa shape index (κ2) is 8.18. The number of carbonyl (C=O) groups is 1. The second-order valence-electron chi connectivity index (χ2n) is 5.06. The molecule has 0 aromatic heterocycles. The Hall–Kier alpha value is -1.06. The van der Waals surface area contributed by atoms with Crippen LogP contribution in [0.5, 0.6) is 0 Å². The molecular weight excluding hydrogens is 256 g/mol. The van der Waals surface area contributed by atoms with Gasteiger partial charge in [0.05, 0.1) is 12.0 Å². The summed E-state index contributed by atoms with van der Waals surface area (Å²) in [4.78, 5) is 12.2. The third-order valence-corrected chi connectivity index (χ3v) is 3.97. The third kappa shape index (κ3) is 5.62. The third-order valence-electron chi connectivity index (χ3n) is 2.91. The molecule has 0 saturated carbocycles. The molecule has 0 aliphatic rings. The smallest absolute Gasteiger partial charge is 0.195 e. The van der Waals surface area contributed by atoms with Gasteiger partial charge in [-0.1, -0.05) is 62.0 Å². The summed E-state index contributed by atoms with van der Waals surface area (Å²) in [7, 11) is 0. The average molecular weight is 278 g/mol. The molecule has 0 heterocycles. The van der Waals surface area contributed by atoms with Crippen molar-refractivity contribution in [3.8, 4) is 0 Å². The number of aliphatic hydroxyl groups is 1. The van der Waals surface area contributed by atoms with Crippen LogP contribution in [-0.2, 0) is 10.5 Å². The fraction of sp³-hybridized carbons (Fsp3) is 0.438. The van der Waals surface area contributed by atoms with Crippen LogP contribution in [0.15, 0.2) is 43.0 Å². The Labute approximate surface area is 119 Å². The first-order valence-corrected chi connectivity index (χ1v) is 7.54. The van der Waals surface area contributed by atoms with Gasteiger partial charge in [-0.25, -0.2) is 0 Å². The highest BCUT2D eigenvalue weighted by molar-refractivity contribution is 8.13. The van der Waals surface area contributed by atoms with Crippen molar-refractivity contribution in [2.75, 3.05) is 0 Å². The number of hydrogen-bond acceptors (Lipinski definition) is 3. The van der Waals surface area contributed by atoms with Crippen molar-refractivity contribution in [2.24, 2.45) is 11.8 Å². The maximum absolute atomic E-state index is 12.2. The molecule has 0 unspecified atom stereocenters. The van der Waals surface area contributed by atoms with E-state index in [1.165, 1.54) is 17.8 Å². The summed E-state index contributed by atoms with van der Waals surface area (Å²) in [5, 5.41) is 9.93. The fourth-order valence-electron chi connectivity index (χ4n) is 1.88. The van der Waals surface area contributed by atoms with Crippen LogP contribution in [-0.4, -0.2) is 16.3 Å². The van der Waals surface area contributed by atoms with Gasteiger partial charge in [-0.05, 0) is 17.9 Å². The lowest BCUT2D eigenvalue weighted by Gasteiger charge is -2.20. The molecule has 19 heavy (non-hydrogen) atoms. The number of benzene rings is 1. The summed E-state index contributed by atoms with van der Waals surface area (Å²) in [5.74, 6) is 0.671. The standard InChI is InChI=1S/C16H22O2S/c1-4-15(17)14(10-12(2)3)16(18)19-11-13-8-6-5-7-9-13/h4-9,12,14-15,17H,1,10-11H2,2-3H3/t14-,15-/m1/s1. The monoisotopic (exact) mass is 278 g/mol. The minimum absolute atomic E-state index is 0.0463. The topological polar surface area (TPSA) is 37.3 Å². The average Bonchev–Trinajstić information content (AvgIpc) is 2.42. The lowest BCUT2D eigenvalue weighted by atomic mass is 9.93. The van der Waals surface area contributed by atoms with Crippen molar-refractivity contribution in [1.82, 2.24) is 0 Å². The van der Waals surface area contributed by atoms with Gasteiger partial charge in [0, 0.05) is 5.75 Å². The highest BCUT2D eigenvalue weighted by Crippen LogP contribution is 2.25. The van der Waals surface area contributed by atoms with Crippen LogP contribution in [0.25, 0.3) is 0 Å². The minimum atomic E-state index is -0.752. The lowest BCUT2D eigenvalue weighted by Crippen LogP contribution is -2.26. The molecule has 3 heteroatoms. The summed E-state index contributed by atoms with van der Waals surface area (Å²) < 4.78 is 0. The zero-order chi connectivity index (χ0) is 14.3. The summed E-state index contributed by atoms with van der Waals surface area (Å²) in [6.45, 7) is 7.69. The molecule has 0 bridgehead atoms. The first kappa shape index (κ1) is 16.0. The molecule has 1 rings (SSSR count). The predicted octanol–water partition coefficient (Wildman–Crippen LogP) is 3.66. The van der Waals surface area contributed by atoms with Crippen molar-refractivity contribution in [3.63, 3.8) is 0 Å². The highest BCUT2D eigenvalue weighted by Gasteiger charge is 2.25. The van der Waals surface area contributed by atoms with E-state index < -0.39 is 6.10 Å². The molecule has 0 saturated heterocycles. The van der Waals surface area contributed by atoms with E-state index in [-0.39, 0.29) is 11.0 Å². The van der Waals surface area contributed by atoms with Crippen molar-refractivity contribution < 1.29 is 9.90 Å². The van der Waals surface area contributed by atoms with Crippen molar-refractivity contribution in [3.05, 3.63) is 48.6 Å². The number of aliphatic hydroxyl groups excluding tert-OH is 1. The summed E-state index contributed by atoms with van der Waals surface area (Å²) in [6.07, 6.45) is 1.39. The van der Waals surface area contributed by atoms with E-state index in [1.54, 1.807) is 0 Å². The van der Waals surface area contributed by atoms with E-state index in [4.69, 9.17) is 0 Å². The molecule has 104 valence electrons. The highest BCUT2D eigenvalue weighted by atomic mass is 32.2. The minimum Gasteiger partial charge on any atom is -0.388 e. The van der Waals surface area contributed by atoms with E-state index in [9.17, 15) is 9.90 Å². The molecule has 0 amide bonds. The van der Waals surface area contributed by atoms with Crippen LogP contribution in [0.2, 0.25) is 0 Å². The van der Waals surface area contributed by atoms with Gasteiger partial charge in [0.15, 0.2) is 5.12 Å². The number of hydrogen-bond donors (Lipinski definition) is 1. The maximum Gasteiger partial charge on any atom is 0.195 e. The van der Waals surface area contributed by atoms with E-state index in [2.05, 4.69) is 20.4 Å². The van der Waals surface area contributed by atoms with E-state index >= 15 is 0 Å². The van der Waals surface area contributed by atoms with Crippen molar-refractivity contribution in [1.29, 1.82) is 0 Å². The Balaban J connectivity index is 2.59. The summed E-state index contributed by atoms with van der Waals surface area (Å²) >= 11 is 1.28. The van der Waals surface area contributed by atoms with Gasteiger partial charge in [-0.15, -0.1) is 6.58 Å². The zero-order valence-corrected chi connectivity index (χ0v) is 12.4. The van der Waals surface area contributed by atoms with Crippen molar-refractivity contribution >= 4 is 16.9 Å². The molecule has 0 fully saturated rings. The molecule has 2 nitrogen and oxygen atoms in total. The number of rotatable bonds is 7. The number of carbonyl (C=O) groups excluding carboxylic acids is 1. The Bertz CT molecular complexity index is 400. The molecule has 0 radical (unpaired) electrons. The molecule has 0 aliphatic carbocycles. The van der Waals surface area contributed by atoms with Crippen LogP contribution in [0.1, 0.15) is 25.8 Å². The van der Waals surface area contributed by atoms with Gasteiger partial charge in [0.25, 0.3) is 0 Å². The van der Waals surface area contributed by atoms with Gasteiger partial charge < -0.3 is 5.11 Å². The SMILES string of the molecule is C=C[C@@H](O)[C@@H](CC(C)C)C(=O)SCc1ccccc1. The molecule has 1 aromatic rings. The van der Waals surface area contributed by atoms with E-state index in [0.717, 1.165) is 5.56 Å². The molecule has 0 aliphatic heterocycles. The van der Waals surface area contributed by atoms with Crippen LogP contribution in [0.4, 0.5) is 0 Å². The van der Waals surface area contributed by atoms with Gasteiger partial charge in [0.1, 0.15) is 0 Å². The van der Waals surface area contributed by atoms with Gasteiger partial charge in [0.2, 0.25) is 0 Å². The molecule has 1 aromatic carbocycles. The molecule has 2 atom stereocenters. The van der Waals surface area contributed by atoms with Crippen LogP contribution < -0.4 is 0 Å². The summed E-state index contributed by atoms with van der Waals surface area (Å²) in [6, 6.07) is 9.89. The van der Waals surface area contributed by atoms with E-state index in [1.807, 2.05) is 30.3 Å². The van der Waals surface area contributed by atoms with Gasteiger partial charge in [-0.2, -0.15) is 0 Å². The van der Waals surface area contributed by atoms with Gasteiger partial charge in [-0.3, -0.25) is 4.79 Å². The maximum atomic E-state index is 12.2. The van der Waals surface area contributed by atoms with Gasteiger partial charge >= 0.3 is 0 Å².